The monoisotopic (exact) mass is 452 g/mol. The SMILES string of the molecule is CCCCNC(=O)[C@@H](CC)N(Cc1ccc(OC)cc1)C(=O)CCc1ccc(C(C)C)cc1. The Kier molecular flexibility index (Phi) is 10.9. The Balaban J connectivity index is 2.15. The molecule has 2 aromatic carbocycles. The summed E-state index contributed by atoms with van der Waals surface area (Å²) in [4.78, 5) is 28.1. The molecule has 5 heteroatoms. The van der Waals surface area contributed by atoms with Gasteiger partial charge in [-0.15, -0.1) is 0 Å². The molecule has 0 heterocycles. The first kappa shape index (κ1) is 26.4. The van der Waals surface area contributed by atoms with Gasteiger partial charge in [-0.3, -0.25) is 9.59 Å². The van der Waals surface area contributed by atoms with Crippen LogP contribution in [0.1, 0.15) is 76.0 Å². The molecule has 0 spiro atoms. The Morgan fingerprint density at radius 3 is 2.15 bits per heavy atom. The number of nitrogens with zero attached hydrogens (tertiary/aromatic N) is 1. The molecular weight excluding hydrogens is 412 g/mol. The summed E-state index contributed by atoms with van der Waals surface area (Å²) < 4.78 is 5.25. The number of rotatable bonds is 13. The minimum atomic E-state index is -0.486. The zero-order valence-corrected chi connectivity index (χ0v) is 20.9. The van der Waals surface area contributed by atoms with Crippen LogP contribution in [0.15, 0.2) is 48.5 Å². The number of nitrogens with one attached hydrogen (secondary N) is 1. The van der Waals surface area contributed by atoms with Gasteiger partial charge >= 0.3 is 0 Å². The van der Waals surface area contributed by atoms with Crippen LogP contribution in [0.4, 0.5) is 0 Å². The molecule has 0 saturated carbocycles. The summed E-state index contributed by atoms with van der Waals surface area (Å²) in [5.41, 5.74) is 3.41. The number of benzene rings is 2. The molecule has 1 N–H and O–H groups in total. The number of carbonyl (C=O) groups excluding carboxylic acids is 2. The van der Waals surface area contributed by atoms with Crippen molar-refractivity contribution in [1.82, 2.24) is 10.2 Å². The van der Waals surface area contributed by atoms with Gasteiger partial charge in [0.05, 0.1) is 7.11 Å². The van der Waals surface area contributed by atoms with Gasteiger partial charge in [0.2, 0.25) is 11.8 Å². The van der Waals surface area contributed by atoms with E-state index in [1.807, 2.05) is 31.2 Å². The van der Waals surface area contributed by atoms with Crippen LogP contribution in [0.3, 0.4) is 0 Å². The van der Waals surface area contributed by atoms with E-state index in [0.29, 0.717) is 38.3 Å². The zero-order chi connectivity index (χ0) is 24.2. The molecule has 0 aliphatic carbocycles. The van der Waals surface area contributed by atoms with Gasteiger partial charge in [-0.05, 0) is 54.0 Å². The maximum absolute atomic E-state index is 13.4. The van der Waals surface area contributed by atoms with Gasteiger partial charge in [-0.2, -0.15) is 0 Å². The summed E-state index contributed by atoms with van der Waals surface area (Å²) in [7, 11) is 1.63. The zero-order valence-electron chi connectivity index (χ0n) is 20.9. The number of hydrogen-bond acceptors (Lipinski definition) is 3. The quantitative estimate of drug-likeness (QED) is 0.410. The standard InChI is InChI=1S/C28H40N2O3/c1-6-8-19-29-28(32)26(7-2)30(20-23-11-16-25(33-5)17-12-23)27(31)18-13-22-9-14-24(15-10-22)21(3)4/h9-12,14-17,21,26H,6-8,13,18-20H2,1-5H3,(H,29,32)/t26-/m1/s1. The first-order valence-corrected chi connectivity index (χ1v) is 12.2. The Bertz CT molecular complexity index is 860. The predicted octanol–water partition coefficient (Wildman–Crippen LogP) is 5.47. The van der Waals surface area contributed by atoms with Gasteiger partial charge in [0.15, 0.2) is 0 Å². The molecule has 0 aromatic heterocycles. The third-order valence-electron chi connectivity index (χ3n) is 6.00. The van der Waals surface area contributed by atoms with Gasteiger partial charge in [0.1, 0.15) is 11.8 Å². The lowest BCUT2D eigenvalue weighted by molar-refractivity contribution is -0.141. The number of methoxy groups -OCH3 is 1. The Morgan fingerprint density at radius 1 is 0.970 bits per heavy atom. The number of hydrogen-bond donors (Lipinski definition) is 1. The molecule has 0 aliphatic heterocycles. The summed E-state index contributed by atoms with van der Waals surface area (Å²) in [6.45, 7) is 9.44. The lowest BCUT2D eigenvalue weighted by Crippen LogP contribution is -2.49. The lowest BCUT2D eigenvalue weighted by atomic mass is 10.00. The minimum Gasteiger partial charge on any atom is -0.497 e. The summed E-state index contributed by atoms with van der Waals surface area (Å²) in [5, 5.41) is 3.01. The van der Waals surface area contributed by atoms with Crippen LogP contribution in [-0.2, 0) is 22.6 Å². The van der Waals surface area contributed by atoms with Gasteiger partial charge in [0, 0.05) is 19.5 Å². The van der Waals surface area contributed by atoms with E-state index in [4.69, 9.17) is 4.74 Å². The second kappa shape index (κ2) is 13.7. The van der Waals surface area contributed by atoms with Crippen LogP contribution >= 0.6 is 0 Å². The average molecular weight is 453 g/mol. The number of aryl methyl sites for hydroxylation is 1. The van der Waals surface area contributed by atoms with Crippen LogP contribution in [0.25, 0.3) is 0 Å². The smallest absolute Gasteiger partial charge is 0.242 e. The number of ether oxygens (including phenoxy) is 1. The first-order valence-electron chi connectivity index (χ1n) is 12.2. The second-order valence-electron chi connectivity index (χ2n) is 8.83. The largest absolute Gasteiger partial charge is 0.497 e. The van der Waals surface area contributed by atoms with Crippen LogP contribution in [0, 0.1) is 0 Å². The average Bonchev–Trinajstić information content (AvgIpc) is 2.83. The van der Waals surface area contributed by atoms with Crippen molar-refractivity contribution >= 4 is 11.8 Å². The van der Waals surface area contributed by atoms with Crippen molar-refractivity contribution in [2.24, 2.45) is 0 Å². The molecule has 33 heavy (non-hydrogen) atoms. The Morgan fingerprint density at radius 2 is 1.61 bits per heavy atom. The van der Waals surface area contributed by atoms with E-state index in [1.165, 1.54) is 5.56 Å². The van der Waals surface area contributed by atoms with Crippen molar-refractivity contribution in [1.29, 1.82) is 0 Å². The fraction of sp³-hybridized carbons (Fsp3) is 0.500. The number of carbonyl (C=O) groups is 2. The Hall–Kier alpha value is -2.82. The highest BCUT2D eigenvalue weighted by molar-refractivity contribution is 5.87. The van der Waals surface area contributed by atoms with Crippen molar-refractivity contribution in [3.05, 3.63) is 65.2 Å². The van der Waals surface area contributed by atoms with Crippen molar-refractivity contribution in [3.8, 4) is 5.75 Å². The minimum absolute atomic E-state index is 0.00348. The van der Waals surface area contributed by atoms with Crippen LogP contribution < -0.4 is 10.1 Å². The summed E-state index contributed by atoms with van der Waals surface area (Å²) in [6, 6.07) is 15.7. The molecule has 1 atom stereocenters. The van der Waals surface area contributed by atoms with Crippen molar-refractivity contribution in [3.63, 3.8) is 0 Å². The highest BCUT2D eigenvalue weighted by Gasteiger charge is 2.28. The Labute approximate surface area is 199 Å². The third-order valence-corrected chi connectivity index (χ3v) is 6.00. The van der Waals surface area contributed by atoms with E-state index < -0.39 is 6.04 Å². The van der Waals surface area contributed by atoms with Gasteiger partial charge in [0.25, 0.3) is 0 Å². The van der Waals surface area contributed by atoms with Crippen LogP contribution in [0.5, 0.6) is 5.75 Å². The van der Waals surface area contributed by atoms with Crippen molar-refractivity contribution < 1.29 is 14.3 Å². The second-order valence-corrected chi connectivity index (χ2v) is 8.83. The van der Waals surface area contributed by atoms with Crippen LogP contribution in [0.2, 0.25) is 0 Å². The lowest BCUT2D eigenvalue weighted by Gasteiger charge is -2.31. The molecule has 2 amide bonds. The van der Waals surface area contributed by atoms with Gasteiger partial charge in [-0.25, -0.2) is 0 Å². The topological polar surface area (TPSA) is 58.6 Å². The molecule has 2 aromatic rings. The van der Waals surface area contributed by atoms with E-state index >= 15 is 0 Å². The summed E-state index contributed by atoms with van der Waals surface area (Å²) in [5.74, 6) is 1.17. The molecule has 0 fully saturated rings. The molecular formula is C28H40N2O3. The summed E-state index contributed by atoms with van der Waals surface area (Å²) >= 11 is 0. The molecule has 2 rings (SSSR count). The maximum Gasteiger partial charge on any atom is 0.242 e. The first-order chi connectivity index (χ1) is 15.9. The van der Waals surface area contributed by atoms with E-state index in [9.17, 15) is 9.59 Å². The van der Waals surface area contributed by atoms with Gasteiger partial charge in [-0.1, -0.05) is 70.5 Å². The van der Waals surface area contributed by atoms with E-state index in [2.05, 4.69) is 50.4 Å². The fourth-order valence-electron chi connectivity index (χ4n) is 3.82. The normalized spacial score (nSPS) is 11.8. The molecule has 0 unspecified atom stereocenters. The molecule has 0 radical (unpaired) electrons. The molecule has 0 aliphatic rings. The third kappa shape index (κ3) is 8.23. The van der Waals surface area contributed by atoms with E-state index in [0.717, 1.165) is 29.7 Å². The van der Waals surface area contributed by atoms with E-state index in [-0.39, 0.29) is 11.8 Å². The van der Waals surface area contributed by atoms with Crippen LogP contribution in [-0.4, -0.2) is 36.4 Å². The molecule has 180 valence electrons. The van der Waals surface area contributed by atoms with E-state index in [1.54, 1.807) is 12.0 Å². The van der Waals surface area contributed by atoms with Crippen molar-refractivity contribution in [2.75, 3.05) is 13.7 Å². The molecule has 5 nitrogen and oxygen atoms in total. The molecule has 0 bridgehead atoms. The van der Waals surface area contributed by atoms with Crippen molar-refractivity contribution in [2.45, 2.75) is 78.3 Å². The summed E-state index contributed by atoms with van der Waals surface area (Å²) in [6.07, 6.45) is 3.55. The highest BCUT2D eigenvalue weighted by atomic mass is 16.5. The maximum atomic E-state index is 13.4. The number of unbranched alkanes of at least 4 members (excludes halogenated alkanes) is 1. The highest BCUT2D eigenvalue weighted by Crippen LogP contribution is 2.19. The molecule has 0 saturated heterocycles. The predicted molar refractivity (Wildman–Crippen MR) is 134 cm³/mol. The fourth-order valence-corrected chi connectivity index (χ4v) is 3.82. The number of amides is 2. The van der Waals surface area contributed by atoms with Gasteiger partial charge < -0.3 is 15.0 Å².